The van der Waals surface area contributed by atoms with Crippen LogP contribution in [0.3, 0.4) is 0 Å². The molecule has 3 nitrogen and oxygen atoms in total. The number of hydrogen-bond donors (Lipinski definition) is 2. The molecule has 0 aliphatic heterocycles. The molecule has 0 radical (unpaired) electrons. The second-order valence-corrected chi connectivity index (χ2v) is 3.90. The zero-order valence-corrected chi connectivity index (χ0v) is 11.2. The summed E-state index contributed by atoms with van der Waals surface area (Å²) in [4.78, 5) is 11.8. The number of rotatable bonds is 5. The lowest BCUT2D eigenvalue weighted by Crippen LogP contribution is -2.21. The molecule has 1 aromatic carbocycles. The van der Waals surface area contributed by atoms with Gasteiger partial charge in [0.1, 0.15) is 0 Å². The van der Waals surface area contributed by atoms with E-state index in [0.717, 1.165) is 24.1 Å². The van der Waals surface area contributed by atoms with Gasteiger partial charge in [-0.25, -0.2) is 0 Å². The number of hydrogen-bond acceptors (Lipinski definition) is 2. The minimum Gasteiger partial charge on any atom is -0.326 e. The molecule has 3 N–H and O–H groups in total. The third kappa shape index (κ3) is 4.75. The Hall–Kier alpha value is -1.06. The molecule has 0 saturated heterocycles. The van der Waals surface area contributed by atoms with Gasteiger partial charge in [0, 0.05) is 18.2 Å². The number of halogens is 1. The number of benzene rings is 1. The maximum absolute atomic E-state index is 11.8. The molecule has 0 atom stereocenters. The molecule has 1 amide bonds. The third-order valence-electron chi connectivity index (χ3n) is 2.81. The third-order valence-corrected chi connectivity index (χ3v) is 2.81. The van der Waals surface area contributed by atoms with Gasteiger partial charge in [-0.1, -0.05) is 26.0 Å². The van der Waals surface area contributed by atoms with Gasteiger partial charge in [0.25, 0.3) is 0 Å². The maximum Gasteiger partial charge on any atom is 0.227 e. The second-order valence-electron chi connectivity index (χ2n) is 3.90. The summed E-state index contributed by atoms with van der Waals surface area (Å²) in [6.45, 7) is 4.59. The minimum atomic E-state index is 0. The lowest BCUT2D eigenvalue weighted by Gasteiger charge is -2.12. The normalized spacial score (nSPS) is 9.88. The van der Waals surface area contributed by atoms with Gasteiger partial charge in [-0.3, -0.25) is 4.79 Å². The Bertz CT molecular complexity index is 334. The first-order chi connectivity index (χ1) is 7.71. The highest BCUT2D eigenvalue weighted by Crippen LogP contribution is 2.14. The molecule has 0 saturated carbocycles. The van der Waals surface area contributed by atoms with E-state index in [2.05, 4.69) is 5.32 Å². The number of anilines is 1. The largest absolute Gasteiger partial charge is 0.326 e. The van der Waals surface area contributed by atoms with Crippen molar-refractivity contribution in [2.45, 2.75) is 33.2 Å². The van der Waals surface area contributed by atoms with Gasteiger partial charge in [-0.15, -0.1) is 12.4 Å². The van der Waals surface area contributed by atoms with Crippen LogP contribution in [0, 0.1) is 5.92 Å². The van der Waals surface area contributed by atoms with E-state index in [-0.39, 0.29) is 24.2 Å². The zero-order chi connectivity index (χ0) is 12.0. The standard InChI is InChI=1S/C13H20N2O.ClH/c1-3-11(4-2)13(16)15-12-7-5-10(9-14)6-8-12;/h5-8,11H,3-4,9,14H2,1-2H3,(H,15,16);1H. The van der Waals surface area contributed by atoms with Crippen molar-refractivity contribution in [3.8, 4) is 0 Å². The highest BCUT2D eigenvalue weighted by molar-refractivity contribution is 5.92. The molecule has 0 aromatic heterocycles. The fourth-order valence-electron chi connectivity index (χ4n) is 1.63. The van der Waals surface area contributed by atoms with Crippen molar-refractivity contribution in [1.29, 1.82) is 0 Å². The number of nitrogens with one attached hydrogen (secondary N) is 1. The monoisotopic (exact) mass is 256 g/mol. The summed E-state index contributed by atoms with van der Waals surface area (Å²) in [5, 5.41) is 2.92. The molecule has 17 heavy (non-hydrogen) atoms. The average molecular weight is 257 g/mol. The van der Waals surface area contributed by atoms with Gasteiger partial charge in [0.05, 0.1) is 0 Å². The van der Waals surface area contributed by atoms with Crippen molar-refractivity contribution in [2.24, 2.45) is 11.7 Å². The molecule has 0 aliphatic rings. The predicted molar refractivity (Wildman–Crippen MR) is 74.3 cm³/mol. The molecule has 0 bridgehead atoms. The lowest BCUT2D eigenvalue weighted by molar-refractivity contribution is -0.120. The highest BCUT2D eigenvalue weighted by atomic mass is 35.5. The van der Waals surface area contributed by atoms with Crippen LogP contribution >= 0.6 is 12.4 Å². The van der Waals surface area contributed by atoms with E-state index < -0.39 is 0 Å². The number of carbonyl (C=O) groups excluding carboxylic acids is 1. The van der Waals surface area contributed by atoms with Crippen LogP contribution in [-0.2, 0) is 11.3 Å². The van der Waals surface area contributed by atoms with E-state index in [4.69, 9.17) is 5.73 Å². The van der Waals surface area contributed by atoms with Gasteiger partial charge in [-0.05, 0) is 30.5 Å². The van der Waals surface area contributed by atoms with Crippen LogP contribution in [0.2, 0.25) is 0 Å². The van der Waals surface area contributed by atoms with Crippen LogP contribution in [0.4, 0.5) is 5.69 Å². The Labute approximate surface area is 109 Å². The van der Waals surface area contributed by atoms with Gasteiger partial charge in [-0.2, -0.15) is 0 Å². The summed E-state index contributed by atoms with van der Waals surface area (Å²) in [5.74, 6) is 0.208. The van der Waals surface area contributed by atoms with Crippen molar-refractivity contribution in [1.82, 2.24) is 0 Å². The van der Waals surface area contributed by atoms with E-state index in [1.54, 1.807) is 0 Å². The topological polar surface area (TPSA) is 55.1 Å². The summed E-state index contributed by atoms with van der Waals surface area (Å²) in [7, 11) is 0. The van der Waals surface area contributed by atoms with Crippen LogP contribution in [0.5, 0.6) is 0 Å². The second kappa shape index (κ2) is 8.09. The van der Waals surface area contributed by atoms with E-state index in [9.17, 15) is 4.79 Å². The summed E-state index contributed by atoms with van der Waals surface area (Å²) in [6, 6.07) is 7.65. The first-order valence-corrected chi connectivity index (χ1v) is 5.81. The predicted octanol–water partition coefficient (Wildman–Crippen LogP) is 2.94. The molecular weight excluding hydrogens is 236 g/mol. The molecule has 1 aromatic rings. The van der Waals surface area contributed by atoms with Crippen LogP contribution in [0.25, 0.3) is 0 Å². The Kier molecular flexibility index (Phi) is 7.59. The molecule has 4 heteroatoms. The highest BCUT2D eigenvalue weighted by Gasteiger charge is 2.13. The van der Waals surface area contributed by atoms with Crippen molar-refractivity contribution in [2.75, 3.05) is 5.32 Å². The van der Waals surface area contributed by atoms with Gasteiger partial charge in [0.15, 0.2) is 0 Å². The molecule has 96 valence electrons. The van der Waals surface area contributed by atoms with E-state index in [1.807, 2.05) is 38.1 Å². The first-order valence-electron chi connectivity index (χ1n) is 5.81. The molecule has 0 unspecified atom stereocenters. The number of amides is 1. The van der Waals surface area contributed by atoms with Crippen molar-refractivity contribution in [3.05, 3.63) is 29.8 Å². The smallest absolute Gasteiger partial charge is 0.227 e. The van der Waals surface area contributed by atoms with Crippen molar-refractivity contribution in [3.63, 3.8) is 0 Å². The molecule has 0 fully saturated rings. The van der Waals surface area contributed by atoms with Crippen LogP contribution < -0.4 is 11.1 Å². The molecule has 0 heterocycles. The van der Waals surface area contributed by atoms with E-state index in [0.29, 0.717) is 6.54 Å². The maximum atomic E-state index is 11.8. The molecule has 1 rings (SSSR count). The van der Waals surface area contributed by atoms with Crippen LogP contribution in [0.1, 0.15) is 32.3 Å². The van der Waals surface area contributed by atoms with Gasteiger partial charge in [0.2, 0.25) is 5.91 Å². The Morgan fingerprint density at radius 3 is 2.18 bits per heavy atom. The summed E-state index contributed by atoms with van der Waals surface area (Å²) >= 11 is 0. The van der Waals surface area contributed by atoms with Gasteiger partial charge >= 0.3 is 0 Å². The molecule has 0 aliphatic carbocycles. The van der Waals surface area contributed by atoms with Gasteiger partial charge < -0.3 is 11.1 Å². The lowest BCUT2D eigenvalue weighted by atomic mass is 10.0. The quantitative estimate of drug-likeness (QED) is 0.851. The van der Waals surface area contributed by atoms with Crippen molar-refractivity contribution < 1.29 is 4.79 Å². The fraction of sp³-hybridized carbons (Fsp3) is 0.462. The number of nitrogens with two attached hydrogens (primary N) is 1. The van der Waals surface area contributed by atoms with Crippen molar-refractivity contribution >= 4 is 24.0 Å². The fourth-order valence-corrected chi connectivity index (χ4v) is 1.63. The first kappa shape index (κ1) is 15.9. The van der Waals surface area contributed by atoms with Crippen LogP contribution in [-0.4, -0.2) is 5.91 Å². The molecule has 0 spiro atoms. The van der Waals surface area contributed by atoms with E-state index in [1.165, 1.54) is 0 Å². The van der Waals surface area contributed by atoms with Crippen LogP contribution in [0.15, 0.2) is 24.3 Å². The van der Waals surface area contributed by atoms with E-state index >= 15 is 0 Å². The average Bonchev–Trinajstić information content (AvgIpc) is 2.31. The zero-order valence-electron chi connectivity index (χ0n) is 10.4. The number of carbonyl (C=O) groups is 1. The summed E-state index contributed by atoms with van der Waals surface area (Å²) in [6.07, 6.45) is 1.76. The minimum absolute atomic E-state index is 0. The summed E-state index contributed by atoms with van der Waals surface area (Å²) < 4.78 is 0. The Morgan fingerprint density at radius 2 is 1.76 bits per heavy atom. The molecular formula is C13H21ClN2O. The Morgan fingerprint density at radius 1 is 1.24 bits per heavy atom. The summed E-state index contributed by atoms with van der Waals surface area (Å²) in [5.41, 5.74) is 7.42. The SMILES string of the molecule is CCC(CC)C(=O)Nc1ccc(CN)cc1.Cl. The Balaban J connectivity index is 0.00000256.